The van der Waals surface area contributed by atoms with E-state index in [9.17, 15) is 4.79 Å². The first-order valence-electron chi connectivity index (χ1n) is 6.40. The van der Waals surface area contributed by atoms with Crippen molar-refractivity contribution in [2.75, 3.05) is 18.8 Å². The fourth-order valence-electron chi connectivity index (χ4n) is 2.53. The highest BCUT2D eigenvalue weighted by Crippen LogP contribution is 2.26. The molecular formula is C12H22N2OS. The van der Waals surface area contributed by atoms with E-state index in [1.807, 2.05) is 11.8 Å². The number of carbonyl (C=O) groups is 1. The van der Waals surface area contributed by atoms with Crippen molar-refractivity contribution in [3.05, 3.63) is 0 Å². The van der Waals surface area contributed by atoms with Gasteiger partial charge in [-0.05, 0) is 57.4 Å². The third-order valence-corrected chi connectivity index (χ3v) is 5.01. The van der Waals surface area contributed by atoms with E-state index in [1.54, 1.807) is 0 Å². The van der Waals surface area contributed by atoms with Crippen molar-refractivity contribution in [1.82, 2.24) is 10.6 Å². The summed E-state index contributed by atoms with van der Waals surface area (Å²) >= 11 is 1.81. The zero-order chi connectivity index (χ0) is 11.4. The van der Waals surface area contributed by atoms with Crippen LogP contribution in [0, 0.1) is 5.92 Å². The highest BCUT2D eigenvalue weighted by molar-refractivity contribution is 8.00. The van der Waals surface area contributed by atoms with Crippen LogP contribution < -0.4 is 10.6 Å². The largest absolute Gasteiger partial charge is 0.352 e. The second kappa shape index (κ2) is 5.92. The number of hydrogen-bond donors (Lipinski definition) is 2. The molecule has 2 aliphatic heterocycles. The Morgan fingerprint density at radius 2 is 2.31 bits per heavy atom. The summed E-state index contributed by atoms with van der Waals surface area (Å²) in [4.78, 5) is 11.9. The zero-order valence-electron chi connectivity index (χ0n) is 10.00. The minimum atomic E-state index is 0.221. The fourth-order valence-corrected chi connectivity index (χ4v) is 3.70. The van der Waals surface area contributed by atoms with Gasteiger partial charge in [-0.1, -0.05) is 0 Å². The number of nitrogens with one attached hydrogen (secondary N) is 2. The maximum absolute atomic E-state index is 11.9. The smallest absolute Gasteiger partial charge is 0.233 e. The van der Waals surface area contributed by atoms with Gasteiger partial charge in [0.15, 0.2) is 0 Å². The van der Waals surface area contributed by atoms with Gasteiger partial charge in [0.25, 0.3) is 0 Å². The van der Waals surface area contributed by atoms with Gasteiger partial charge in [-0.15, -0.1) is 11.8 Å². The molecule has 4 heteroatoms. The number of thioether (sulfide) groups is 1. The van der Waals surface area contributed by atoms with Gasteiger partial charge in [-0.3, -0.25) is 4.79 Å². The van der Waals surface area contributed by atoms with Crippen molar-refractivity contribution in [2.45, 2.75) is 43.9 Å². The predicted molar refractivity (Wildman–Crippen MR) is 68.7 cm³/mol. The van der Waals surface area contributed by atoms with Crippen molar-refractivity contribution in [3.8, 4) is 0 Å². The van der Waals surface area contributed by atoms with Crippen molar-refractivity contribution < 1.29 is 4.79 Å². The monoisotopic (exact) mass is 242 g/mol. The highest BCUT2D eigenvalue weighted by atomic mass is 32.2. The van der Waals surface area contributed by atoms with Crippen LogP contribution in [-0.2, 0) is 4.79 Å². The van der Waals surface area contributed by atoms with Crippen LogP contribution in [0.2, 0.25) is 0 Å². The summed E-state index contributed by atoms with van der Waals surface area (Å²) < 4.78 is 0. The molecule has 3 atom stereocenters. The molecule has 0 aromatic rings. The molecule has 2 heterocycles. The van der Waals surface area contributed by atoms with Crippen LogP contribution in [0.25, 0.3) is 0 Å². The molecular weight excluding hydrogens is 220 g/mol. The Morgan fingerprint density at radius 1 is 1.44 bits per heavy atom. The Kier molecular flexibility index (Phi) is 4.53. The molecule has 3 unspecified atom stereocenters. The Balaban J connectivity index is 1.76. The van der Waals surface area contributed by atoms with E-state index in [2.05, 4.69) is 17.6 Å². The normalized spacial score (nSPS) is 32.3. The second-order valence-electron chi connectivity index (χ2n) is 4.91. The summed E-state index contributed by atoms with van der Waals surface area (Å²) in [6, 6.07) is 0.321. The SMILES string of the molecule is CC(NC(=O)C1CCCS1)C1CCCNC1. The van der Waals surface area contributed by atoms with E-state index in [4.69, 9.17) is 0 Å². The van der Waals surface area contributed by atoms with Crippen LogP contribution >= 0.6 is 11.8 Å². The van der Waals surface area contributed by atoms with E-state index in [0.717, 1.165) is 25.3 Å². The summed E-state index contributed by atoms with van der Waals surface area (Å²) in [6.45, 7) is 4.34. The number of piperidine rings is 1. The second-order valence-corrected chi connectivity index (χ2v) is 6.22. The molecule has 92 valence electrons. The van der Waals surface area contributed by atoms with E-state index in [1.165, 1.54) is 19.3 Å². The lowest BCUT2D eigenvalue weighted by molar-refractivity contribution is -0.121. The molecule has 0 aromatic heterocycles. The molecule has 0 radical (unpaired) electrons. The number of rotatable bonds is 3. The van der Waals surface area contributed by atoms with E-state index in [0.29, 0.717) is 12.0 Å². The summed E-state index contributed by atoms with van der Waals surface area (Å²) in [5.41, 5.74) is 0. The zero-order valence-corrected chi connectivity index (χ0v) is 10.8. The van der Waals surface area contributed by atoms with Crippen LogP contribution in [0.3, 0.4) is 0 Å². The van der Waals surface area contributed by atoms with Crippen LogP contribution in [0.5, 0.6) is 0 Å². The van der Waals surface area contributed by atoms with Gasteiger partial charge in [0.1, 0.15) is 0 Å². The van der Waals surface area contributed by atoms with Gasteiger partial charge in [-0.25, -0.2) is 0 Å². The Hall–Kier alpha value is -0.220. The van der Waals surface area contributed by atoms with E-state index < -0.39 is 0 Å². The van der Waals surface area contributed by atoms with Gasteiger partial charge in [0, 0.05) is 6.04 Å². The number of amides is 1. The molecule has 2 aliphatic rings. The molecule has 3 nitrogen and oxygen atoms in total. The van der Waals surface area contributed by atoms with Crippen molar-refractivity contribution in [3.63, 3.8) is 0 Å². The quantitative estimate of drug-likeness (QED) is 0.786. The summed E-state index contributed by atoms with van der Waals surface area (Å²) in [5.74, 6) is 2.03. The molecule has 2 rings (SSSR count). The third-order valence-electron chi connectivity index (χ3n) is 3.63. The maximum Gasteiger partial charge on any atom is 0.233 e. The molecule has 0 bridgehead atoms. The number of carbonyl (C=O) groups excluding carboxylic acids is 1. The minimum Gasteiger partial charge on any atom is -0.352 e. The molecule has 1 amide bonds. The van der Waals surface area contributed by atoms with Crippen LogP contribution in [0.4, 0.5) is 0 Å². The average Bonchev–Trinajstić information content (AvgIpc) is 2.83. The molecule has 0 aliphatic carbocycles. The third kappa shape index (κ3) is 3.14. The van der Waals surface area contributed by atoms with Gasteiger partial charge in [0.05, 0.1) is 5.25 Å². The minimum absolute atomic E-state index is 0.221. The lowest BCUT2D eigenvalue weighted by Crippen LogP contribution is -2.46. The molecule has 2 N–H and O–H groups in total. The molecule has 2 saturated heterocycles. The Labute approximate surface area is 102 Å². The summed E-state index contributed by atoms with van der Waals surface area (Å²) in [6.07, 6.45) is 4.74. The lowest BCUT2D eigenvalue weighted by Gasteiger charge is -2.29. The lowest BCUT2D eigenvalue weighted by atomic mass is 9.92. The van der Waals surface area contributed by atoms with Crippen LogP contribution in [0.1, 0.15) is 32.6 Å². The van der Waals surface area contributed by atoms with Crippen molar-refractivity contribution >= 4 is 17.7 Å². The van der Waals surface area contributed by atoms with Gasteiger partial charge in [-0.2, -0.15) is 0 Å². The summed E-state index contributed by atoms with van der Waals surface area (Å²) in [5, 5.41) is 6.82. The topological polar surface area (TPSA) is 41.1 Å². The predicted octanol–water partition coefficient (Wildman–Crippen LogP) is 1.39. The van der Waals surface area contributed by atoms with Gasteiger partial charge in [0.2, 0.25) is 5.91 Å². The van der Waals surface area contributed by atoms with Crippen molar-refractivity contribution in [1.29, 1.82) is 0 Å². The highest BCUT2D eigenvalue weighted by Gasteiger charge is 2.27. The summed E-state index contributed by atoms with van der Waals surface area (Å²) in [7, 11) is 0. The number of hydrogen-bond acceptors (Lipinski definition) is 3. The average molecular weight is 242 g/mol. The molecule has 0 saturated carbocycles. The molecule has 2 fully saturated rings. The van der Waals surface area contributed by atoms with Crippen LogP contribution in [0.15, 0.2) is 0 Å². The fraction of sp³-hybridized carbons (Fsp3) is 0.917. The van der Waals surface area contributed by atoms with Crippen molar-refractivity contribution in [2.24, 2.45) is 5.92 Å². The Bertz CT molecular complexity index is 235. The molecule has 0 spiro atoms. The first-order chi connectivity index (χ1) is 7.77. The molecule has 16 heavy (non-hydrogen) atoms. The van der Waals surface area contributed by atoms with Crippen LogP contribution in [-0.4, -0.2) is 36.0 Å². The standard InChI is InChI=1S/C12H22N2OS/c1-9(10-4-2-6-13-8-10)14-12(15)11-5-3-7-16-11/h9-11,13H,2-8H2,1H3,(H,14,15). The van der Waals surface area contributed by atoms with Gasteiger partial charge >= 0.3 is 0 Å². The first kappa shape index (κ1) is 12.2. The molecule has 0 aromatic carbocycles. The van der Waals surface area contributed by atoms with E-state index >= 15 is 0 Å². The van der Waals surface area contributed by atoms with Gasteiger partial charge < -0.3 is 10.6 Å². The maximum atomic E-state index is 11.9. The van der Waals surface area contributed by atoms with E-state index in [-0.39, 0.29) is 11.2 Å². The Morgan fingerprint density at radius 3 is 2.94 bits per heavy atom. The first-order valence-corrected chi connectivity index (χ1v) is 7.45.